The van der Waals surface area contributed by atoms with Gasteiger partial charge in [0.05, 0.1) is 5.01 Å². The van der Waals surface area contributed by atoms with Gasteiger partial charge in [-0.3, -0.25) is 14.4 Å². The van der Waals surface area contributed by atoms with Crippen LogP contribution in [-0.4, -0.2) is 59.7 Å². The number of rotatable bonds is 7. The Kier molecular flexibility index (Phi) is 8.38. The highest BCUT2D eigenvalue weighted by atomic mass is 35.5. The monoisotopic (exact) mass is 524 g/mol. The van der Waals surface area contributed by atoms with Crippen LogP contribution in [-0.2, 0) is 9.59 Å². The van der Waals surface area contributed by atoms with Crippen LogP contribution in [0.25, 0.3) is 11.1 Å². The second-order valence-electron chi connectivity index (χ2n) is 9.02. The van der Waals surface area contributed by atoms with Crippen molar-refractivity contribution in [3.63, 3.8) is 0 Å². The average Bonchev–Trinajstić information content (AvgIpc) is 3.38. The van der Waals surface area contributed by atoms with E-state index in [9.17, 15) is 14.4 Å². The Morgan fingerprint density at radius 2 is 1.75 bits per heavy atom. The first-order chi connectivity index (χ1) is 17.3. The fourth-order valence-corrected chi connectivity index (χ4v) is 5.31. The molecule has 9 heteroatoms. The van der Waals surface area contributed by atoms with Crippen LogP contribution in [0.3, 0.4) is 0 Å². The Labute approximate surface area is 220 Å². The van der Waals surface area contributed by atoms with Crippen molar-refractivity contribution in [3.8, 4) is 11.1 Å². The normalized spacial score (nSPS) is 13.9. The molecular formula is C27H29ClN4O3S. The Morgan fingerprint density at radius 1 is 1.06 bits per heavy atom. The Balaban J connectivity index is 1.35. The number of carbonyl (C=O) groups excluding carboxylic acids is 3. The lowest BCUT2D eigenvalue weighted by Crippen LogP contribution is -2.38. The fraction of sp³-hybridized carbons (Fsp3) is 0.333. The number of thiazole rings is 1. The second-order valence-corrected chi connectivity index (χ2v) is 10.3. The number of carbonyl (C=O) groups is 3. The van der Waals surface area contributed by atoms with Crippen molar-refractivity contribution < 1.29 is 14.4 Å². The molecule has 1 aliphatic rings. The summed E-state index contributed by atoms with van der Waals surface area (Å²) in [6.45, 7) is 1.27. The van der Waals surface area contributed by atoms with E-state index in [2.05, 4.69) is 10.3 Å². The van der Waals surface area contributed by atoms with Gasteiger partial charge in [0.2, 0.25) is 11.8 Å². The van der Waals surface area contributed by atoms with Gasteiger partial charge in [-0.2, -0.15) is 0 Å². The zero-order chi connectivity index (χ0) is 25.7. The highest BCUT2D eigenvalue weighted by Gasteiger charge is 2.26. The fourth-order valence-electron chi connectivity index (χ4n) is 4.21. The molecule has 2 heterocycles. The number of para-hydroxylation sites is 1. The van der Waals surface area contributed by atoms with E-state index in [4.69, 9.17) is 11.6 Å². The molecule has 1 aromatic heterocycles. The van der Waals surface area contributed by atoms with Crippen LogP contribution in [0.5, 0.6) is 0 Å². The molecule has 0 atom stereocenters. The number of aromatic nitrogens is 1. The van der Waals surface area contributed by atoms with E-state index in [1.54, 1.807) is 19.5 Å². The first-order valence-electron chi connectivity index (χ1n) is 11.9. The zero-order valence-corrected chi connectivity index (χ0v) is 21.9. The molecule has 0 saturated carbocycles. The summed E-state index contributed by atoms with van der Waals surface area (Å²) in [5, 5.41) is 6.36. The molecule has 7 nitrogen and oxygen atoms in total. The van der Waals surface area contributed by atoms with Crippen LogP contribution < -0.4 is 5.32 Å². The molecule has 0 aliphatic carbocycles. The highest BCUT2D eigenvalue weighted by Crippen LogP contribution is 2.32. The van der Waals surface area contributed by atoms with Crippen molar-refractivity contribution in [3.05, 3.63) is 69.6 Å². The van der Waals surface area contributed by atoms with Crippen LogP contribution in [0.4, 0.5) is 5.69 Å². The minimum atomic E-state index is -0.253. The molecule has 0 radical (unpaired) electrons. The SMILES string of the molecule is CN(C)C(=O)CCC(=O)N1CCC(c2nc(C(=O)Nc3ccccc3-c3ccc(Cl)cc3)cs2)CC1. The number of halogens is 1. The van der Waals surface area contributed by atoms with Gasteiger partial charge >= 0.3 is 0 Å². The smallest absolute Gasteiger partial charge is 0.275 e. The van der Waals surface area contributed by atoms with E-state index in [-0.39, 0.29) is 36.5 Å². The van der Waals surface area contributed by atoms with Crippen molar-refractivity contribution in [2.75, 3.05) is 32.5 Å². The molecule has 1 fully saturated rings. The number of anilines is 1. The topological polar surface area (TPSA) is 82.6 Å². The van der Waals surface area contributed by atoms with E-state index < -0.39 is 0 Å². The molecule has 3 amide bonds. The van der Waals surface area contributed by atoms with Crippen molar-refractivity contribution in [1.29, 1.82) is 0 Å². The van der Waals surface area contributed by atoms with Crippen molar-refractivity contribution in [1.82, 2.24) is 14.8 Å². The number of hydrogen-bond donors (Lipinski definition) is 1. The van der Waals surface area contributed by atoms with Crippen molar-refractivity contribution in [2.24, 2.45) is 0 Å². The summed E-state index contributed by atoms with van der Waals surface area (Å²) < 4.78 is 0. The van der Waals surface area contributed by atoms with E-state index in [0.717, 1.165) is 29.0 Å². The first-order valence-corrected chi connectivity index (χ1v) is 13.2. The minimum absolute atomic E-state index is 0.0159. The summed E-state index contributed by atoms with van der Waals surface area (Å²) in [5.41, 5.74) is 2.96. The molecule has 2 aromatic carbocycles. The number of benzene rings is 2. The maximum absolute atomic E-state index is 13.0. The number of nitrogens with zero attached hydrogens (tertiary/aromatic N) is 3. The quantitative estimate of drug-likeness (QED) is 0.455. The van der Waals surface area contributed by atoms with E-state index in [1.807, 2.05) is 53.4 Å². The largest absolute Gasteiger partial charge is 0.349 e. The molecule has 1 saturated heterocycles. The van der Waals surface area contributed by atoms with Gasteiger partial charge in [-0.15, -0.1) is 11.3 Å². The summed E-state index contributed by atoms with van der Waals surface area (Å²) in [4.78, 5) is 45.2. The standard InChI is InChI=1S/C27H29ClN4O3S/c1-31(2)24(33)11-12-25(34)32-15-13-19(14-16-32)27-30-23(17-36-27)26(35)29-22-6-4-3-5-21(22)18-7-9-20(28)10-8-18/h3-10,17,19H,11-16H2,1-2H3,(H,29,35). The first kappa shape index (κ1) is 25.9. The van der Waals surface area contributed by atoms with E-state index >= 15 is 0 Å². The van der Waals surface area contributed by atoms with Crippen LogP contribution in [0.15, 0.2) is 53.9 Å². The molecule has 3 aromatic rings. The van der Waals surface area contributed by atoms with Gasteiger partial charge in [-0.25, -0.2) is 4.98 Å². The predicted molar refractivity (Wildman–Crippen MR) is 143 cm³/mol. The molecular weight excluding hydrogens is 496 g/mol. The van der Waals surface area contributed by atoms with Gasteiger partial charge in [0.15, 0.2) is 0 Å². The van der Waals surface area contributed by atoms with Crippen LogP contribution in [0, 0.1) is 0 Å². The molecule has 0 unspecified atom stereocenters. The summed E-state index contributed by atoms with van der Waals surface area (Å²) in [7, 11) is 3.39. The summed E-state index contributed by atoms with van der Waals surface area (Å²) in [5.74, 6) is -0.0627. The van der Waals surface area contributed by atoms with Gasteiger partial charge in [-0.05, 0) is 36.6 Å². The number of amides is 3. The van der Waals surface area contributed by atoms with Crippen molar-refractivity contribution in [2.45, 2.75) is 31.6 Å². The maximum atomic E-state index is 13.0. The van der Waals surface area contributed by atoms with Gasteiger partial charge in [0.25, 0.3) is 5.91 Å². The lowest BCUT2D eigenvalue weighted by Gasteiger charge is -2.31. The number of likely N-dealkylation sites (tertiary alicyclic amines) is 1. The zero-order valence-electron chi connectivity index (χ0n) is 20.4. The van der Waals surface area contributed by atoms with Crippen LogP contribution >= 0.6 is 22.9 Å². The summed E-state index contributed by atoms with van der Waals surface area (Å²) in [6, 6.07) is 15.1. The highest BCUT2D eigenvalue weighted by molar-refractivity contribution is 7.10. The second kappa shape index (κ2) is 11.7. The molecule has 4 rings (SSSR count). The Hall–Kier alpha value is -3.23. The number of piperidine rings is 1. The molecule has 1 aliphatic heterocycles. The predicted octanol–water partition coefficient (Wildman–Crippen LogP) is 5.29. The third-order valence-corrected chi connectivity index (χ3v) is 7.59. The average molecular weight is 525 g/mol. The molecule has 0 spiro atoms. The molecule has 0 bridgehead atoms. The van der Waals surface area contributed by atoms with Gasteiger partial charge in [0.1, 0.15) is 5.69 Å². The summed E-state index contributed by atoms with van der Waals surface area (Å²) in [6.07, 6.45) is 2.06. The molecule has 1 N–H and O–H groups in total. The lowest BCUT2D eigenvalue weighted by molar-refractivity contribution is -0.136. The summed E-state index contributed by atoms with van der Waals surface area (Å²) >= 11 is 7.50. The van der Waals surface area contributed by atoms with Gasteiger partial charge in [-0.1, -0.05) is 41.9 Å². The lowest BCUT2D eigenvalue weighted by atomic mass is 9.97. The molecule has 36 heavy (non-hydrogen) atoms. The van der Waals surface area contributed by atoms with Crippen LogP contribution in [0.2, 0.25) is 5.02 Å². The van der Waals surface area contributed by atoms with E-state index in [0.29, 0.717) is 29.5 Å². The Bertz CT molecular complexity index is 1230. The van der Waals surface area contributed by atoms with Crippen LogP contribution in [0.1, 0.15) is 47.1 Å². The van der Waals surface area contributed by atoms with Gasteiger partial charge < -0.3 is 15.1 Å². The van der Waals surface area contributed by atoms with E-state index in [1.165, 1.54) is 16.2 Å². The van der Waals surface area contributed by atoms with Gasteiger partial charge in [0, 0.05) is 67.6 Å². The third kappa shape index (κ3) is 6.30. The molecule has 188 valence electrons. The maximum Gasteiger partial charge on any atom is 0.275 e. The number of nitrogens with one attached hydrogen (secondary N) is 1. The third-order valence-electron chi connectivity index (χ3n) is 6.33. The number of hydrogen-bond acceptors (Lipinski definition) is 5. The Morgan fingerprint density at radius 3 is 2.44 bits per heavy atom. The minimum Gasteiger partial charge on any atom is -0.349 e. The van der Waals surface area contributed by atoms with Crippen molar-refractivity contribution >= 4 is 46.3 Å².